The smallest absolute Gasteiger partial charge is 0.269 e. The molecule has 1 heterocycles. The monoisotopic (exact) mass is 385 g/mol. The molecule has 0 atom stereocenters. The number of para-hydroxylation sites is 2. The first-order valence-electron chi connectivity index (χ1n) is 7.26. The molecule has 0 aliphatic carbocycles. The summed E-state index contributed by atoms with van der Waals surface area (Å²) in [4.78, 5) is 4.14. The van der Waals surface area contributed by atoms with E-state index in [0.717, 1.165) is 8.87 Å². The molecule has 5 nitrogen and oxygen atoms in total. The van der Waals surface area contributed by atoms with Gasteiger partial charge in [-0.1, -0.05) is 29.8 Å². The van der Waals surface area contributed by atoms with Crippen molar-refractivity contribution in [1.29, 1.82) is 0 Å². The highest BCUT2D eigenvalue weighted by molar-refractivity contribution is 7.89. The standard InChI is InChI=1S/C16H14ClF2N3O2S/c1-21(25(23,24)12-6-4-5-11(17)9-12)10-15-20-13-7-2-3-8-14(13)22(15)16(18)19/h2-9,16H,10H2,1H3. The molecule has 9 heteroatoms. The molecule has 0 fully saturated rings. The minimum atomic E-state index is -3.89. The Labute approximate surface area is 148 Å². The highest BCUT2D eigenvalue weighted by Gasteiger charge is 2.25. The largest absolute Gasteiger partial charge is 0.320 e. The zero-order valence-corrected chi connectivity index (χ0v) is 14.7. The fraction of sp³-hybridized carbons (Fsp3) is 0.188. The molecule has 0 unspecified atom stereocenters. The second kappa shape index (κ2) is 6.70. The molecule has 0 radical (unpaired) electrons. The second-order valence-corrected chi connectivity index (χ2v) is 7.86. The van der Waals surface area contributed by atoms with Gasteiger partial charge in [-0.3, -0.25) is 4.57 Å². The first-order valence-corrected chi connectivity index (χ1v) is 9.08. The summed E-state index contributed by atoms with van der Waals surface area (Å²) in [6, 6.07) is 12.2. The molecule has 0 saturated carbocycles. The minimum Gasteiger partial charge on any atom is -0.269 e. The SMILES string of the molecule is CN(Cc1nc2ccccc2n1C(F)F)S(=O)(=O)c1cccc(Cl)c1. The van der Waals surface area contributed by atoms with Crippen molar-refractivity contribution >= 4 is 32.7 Å². The Hall–Kier alpha value is -2.03. The molecule has 0 aliphatic heterocycles. The van der Waals surface area contributed by atoms with Gasteiger partial charge in [0.25, 0.3) is 0 Å². The van der Waals surface area contributed by atoms with Crippen LogP contribution in [0.1, 0.15) is 12.4 Å². The molecule has 3 aromatic rings. The lowest BCUT2D eigenvalue weighted by Crippen LogP contribution is -2.28. The van der Waals surface area contributed by atoms with E-state index in [-0.39, 0.29) is 27.8 Å². The van der Waals surface area contributed by atoms with Crippen LogP contribution < -0.4 is 0 Å². The third-order valence-electron chi connectivity index (χ3n) is 3.73. The summed E-state index contributed by atoms with van der Waals surface area (Å²) in [5.41, 5.74) is 0.632. The van der Waals surface area contributed by atoms with Crippen LogP contribution in [0.5, 0.6) is 0 Å². The lowest BCUT2D eigenvalue weighted by atomic mass is 10.3. The summed E-state index contributed by atoms with van der Waals surface area (Å²) < 4.78 is 53.9. The van der Waals surface area contributed by atoms with Crippen molar-refractivity contribution in [2.24, 2.45) is 0 Å². The normalized spacial score (nSPS) is 12.4. The van der Waals surface area contributed by atoms with Gasteiger partial charge in [0, 0.05) is 12.1 Å². The van der Waals surface area contributed by atoms with E-state index >= 15 is 0 Å². The molecule has 0 bridgehead atoms. The van der Waals surface area contributed by atoms with Crippen LogP contribution in [0.25, 0.3) is 11.0 Å². The molecule has 1 aromatic heterocycles. The Morgan fingerprint density at radius 2 is 1.92 bits per heavy atom. The van der Waals surface area contributed by atoms with Crippen molar-refractivity contribution in [3.63, 3.8) is 0 Å². The third kappa shape index (κ3) is 3.37. The molecular formula is C16H14ClF2N3O2S. The Morgan fingerprint density at radius 3 is 2.60 bits per heavy atom. The zero-order chi connectivity index (χ0) is 18.2. The number of alkyl halides is 2. The van der Waals surface area contributed by atoms with Gasteiger partial charge in [0.1, 0.15) is 5.82 Å². The van der Waals surface area contributed by atoms with E-state index in [1.54, 1.807) is 24.3 Å². The maximum atomic E-state index is 13.5. The molecule has 0 aliphatic rings. The van der Waals surface area contributed by atoms with E-state index in [9.17, 15) is 17.2 Å². The first-order chi connectivity index (χ1) is 11.8. The van der Waals surface area contributed by atoms with Gasteiger partial charge < -0.3 is 0 Å². The number of fused-ring (bicyclic) bond motifs is 1. The van der Waals surface area contributed by atoms with Crippen LogP contribution in [0.15, 0.2) is 53.4 Å². The second-order valence-electron chi connectivity index (χ2n) is 5.38. The molecule has 2 aromatic carbocycles. The van der Waals surface area contributed by atoms with Crippen molar-refractivity contribution in [1.82, 2.24) is 13.9 Å². The van der Waals surface area contributed by atoms with E-state index < -0.39 is 16.6 Å². The Bertz CT molecular complexity index is 1020. The van der Waals surface area contributed by atoms with Gasteiger partial charge >= 0.3 is 6.55 Å². The molecular weight excluding hydrogens is 372 g/mol. The Balaban J connectivity index is 1.99. The lowest BCUT2D eigenvalue weighted by molar-refractivity contribution is 0.0703. The summed E-state index contributed by atoms with van der Waals surface area (Å²) in [5, 5.41) is 0.272. The van der Waals surface area contributed by atoms with Crippen molar-refractivity contribution < 1.29 is 17.2 Å². The number of rotatable bonds is 5. The number of hydrogen-bond donors (Lipinski definition) is 0. The van der Waals surface area contributed by atoms with Crippen LogP contribution in [0.2, 0.25) is 5.02 Å². The summed E-state index contributed by atoms with van der Waals surface area (Å²) in [5.74, 6) is -0.0377. The summed E-state index contributed by atoms with van der Waals surface area (Å²) in [7, 11) is -2.58. The molecule has 25 heavy (non-hydrogen) atoms. The van der Waals surface area contributed by atoms with Gasteiger partial charge in [-0.05, 0) is 30.3 Å². The predicted octanol–water partition coefficient (Wildman–Crippen LogP) is 3.91. The number of aromatic nitrogens is 2. The van der Waals surface area contributed by atoms with Crippen LogP contribution in [0.4, 0.5) is 8.78 Å². The van der Waals surface area contributed by atoms with E-state index in [0.29, 0.717) is 5.52 Å². The average molecular weight is 386 g/mol. The Morgan fingerprint density at radius 1 is 1.20 bits per heavy atom. The summed E-state index contributed by atoms with van der Waals surface area (Å²) in [6.07, 6.45) is 0. The topological polar surface area (TPSA) is 55.2 Å². The van der Waals surface area contributed by atoms with E-state index in [2.05, 4.69) is 4.98 Å². The van der Waals surface area contributed by atoms with Gasteiger partial charge in [-0.25, -0.2) is 13.4 Å². The zero-order valence-electron chi connectivity index (χ0n) is 13.1. The molecule has 0 spiro atoms. The van der Waals surface area contributed by atoms with Crippen LogP contribution in [0, 0.1) is 0 Å². The van der Waals surface area contributed by atoms with E-state index in [1.165, 1.54) is 31.3 Å². The van der Waals surface area contributed by atoms with Crippen molar-refractivity contribution in [2.45, 2.75) is 18.0 Å². The number of nitrogens with zero attached hydrogens (tertiary/aromatic N) is 3. The van der Waals surface area contributed by atoms with Gasteiger partial charge in [-0.2, -0.15) is 13.1 Å². The molecule has 132 valence electrons. The highest BCUT2D eigenvalue weighted by atomic mass is 35.5. The molecule has 0 amide bonds. The first kappa shape index (κ1) is 17.8. The van der Waals surface area contributed by atoms with E-state index in [4.69, 9.17) is 11.6 Å². The Kier molecular flexibility index (Phi) is 4.77. The summed E-state index contributed by atoms with van der Waals surface area (Å²) >= 11 is 5.84. The fourth-order valence-electron chi connectivity index (χ4n) is 2.52. The van der Waals surface area contributed by atoms with Crippen LogP contribution in [-0.4, -0.2) is 29.3 Å². The number of benzene rings is 2. The van der Waals surface area contributed by atoms with Crippen LogP contribution >= 0.6 is 11.6 Å². The van der Waals surface area contributed by atoms with Gasteiger partial charge in [0.2, 0.25) is 10.0 Å². The fourth-order valence-corrected chi connectivity index (χ4v) is 3.94. The average Bonchev–Trinajstić information content (AvgIpc) is 2.92. The van der Waals surface area contributed by atoms with Crippen LogP contribution in [0.3, 0.4) is 0 Å². The number of imidazole rings is 1. The maximum absolute atomic E-state index is 13.5. The lowest BCUT2D eigenvalue weighted by Gasteiger charge is -2.18. The number of hydrogen-bond acceptors (Lipinski definition) is 3. The maximum Gasteiger partial charge on any atom is 0.320 e. The highest BCUT2D eigenvalue weighted by Crippen LogP contribution is 2.25. The quantitative estimate of drug-likeness (QED) is 0.669. The summed E-state index contributed by atoms with van der Waals surface area (Å²) in [6.45, 7) is -3.13. The van der Waals surface area contributed by atoms with Crippen molar-refractivity contribution in [3.05, 3.63) is 59.4 Å². The number of halogens is 3. The number of sulfonamides is 1. The van der Waals surface area contributed by atoms with Crippen molar-refractivity contribution in [2.75, 3.05) is 7.05 Å². The third-order valence-corrected chi connectivity index (χ3v) is 5.77. The van der Waals surface area contributed by atoms with Gasteiger partial charge in [0.05, 0.1) is 22.5 Å². The molecule has 0 N–H and O–H groups in total. The minimum absolute atomic E-state index is 0.0118. The molecule has 0 saturated heterocycles. The molecule has 3 rings (SSSR count). The van der Waals surface area contributed by atoms with E-state index in [1.807, 2.05) is 0 Å². The van der Waals surface area contributed by atoms with Crippen LogP contribution in [-0.2, 0) is 16.6 Å². The van der Waals surface area contributed by atoms with Gasteiger partial charge in [0.15, 0.2) is 0 Å². The van der Waals surface area contributed by atoms with Gasteiger partial charge in [-0.15, -0.1) is 0 Å². The van der Waals surface area contributed by atoms with Crippen molar-refractivity contribution in [3.8, 4) is 0 Å². The predicted molar refractivity (Wildman–Crippen MR) is 91.1 cm³/mol.